The van der Waals surface area contributed by atoms with E-state index in [1.54, 1.807) is 24.3 Å². The number of phenolic OH excluding ortho intramolecular Hbond substituents is 1. The zero-order valence-electron chi connectivity index (χ0n) is 9.82. The van der Waals surface area contributed by atoms with Gasteiger partial charge in [-0.1, -0.05) is 48.5 Å². The highest BCUT2D eigenvalue weighted by atomic mass is 16.3. The van der Waals surface area contributed by atoms with Crippen molar-refractivity contribution in [2.45, 2.75) is 0 Å². The summed E-state index contributed by atoms with van der Waals surface area (Å²) in [4.78, 5) is 0. The molecule has 2 rings (SSSR count). The first-order valence-electron chi connectivity index (χ1n) is 5.60. The maximum atomic E-state index is 9.74. The molecule has 0 bridgehead atoms. The van der Waals surface area contributed by atoms with E-state index in [9.17, 15) is 5.11 Å². The average molecular weight is 238 g/mol. The van der Waals surface area contributed by atoms with Crippen LogP contribution >= 0.6 is 0 Å². The number of hydrogen-bond acceptors (Lipinski definition) is 3. The van der Waals surface area contributed by atoms with Crippen molar-refractivity contribution >= 4 is 11.8 Å². The van der Waals surface area contributed by atoms with Crippen molar-refractivity contribution in [1.82, 2.24) is 0 Å². The lowest BCUT2D eigenvalue weighted by molar-refractivity contribution is 0.474. The maximum Gasteiger partial charge on any atom is 0.125 e. The number of rotatable bonds is 3. The van der Waals surface area contributed by atoms with Crippen molar-refractivity contribution in [1.29, 1.82) is 0 Å². The van der Waals surface area contributed by atoms with Crippen molar-refractivity contribution < 1.29 is 5.11 Å². The molecular weight excluding hydrogens is 224 g/mol. The maximum absolute atomic E-state index is 9.74. The Kier molecular flexibility index (Phi) is 3.76. The average Bonchev–Trinajstić information content (AvgIpc) is 2.42. The molecule has 2 aromatic rings. The molecule has 18 heavy (non-hydrogen) atoms. The summed E-state index contributed by atoms with van der Waals surface area (Å²) in [5.74, 6) is 5.53. The van der Waals surface area contributed by atoms with Crippen LogP contribution in [-0.2, 0) is 0 Å². The normalized spacial score (nSPS) is 11.9. The molecule has 0 fully saturated rings. The molecule has 3 N–H and O–H groups in total. The van der Waals surface area contributed by atoms with Gasteiger partial charge in [0.15, 0.2) is 0 Å². The Balaban J connectivity index is 2.27. The lowest BCUT2D eigenvalue weighted by atomic mass is 10.1. The Bertz CT molecular complexity index is 574. The number of benzene rings is 2. The summed E-state index contributed by atoms with van der Waals surface area (Å²) in [6.45, 7) is 0. The number of nitrogens with two attached hydrogens (primary N) is 1. The van der Waals surface area contributed by atoms with Crippen LogP contribution in [0.25, 0.3) is 6.08 Å². The molecule has 0 amide bonds. The fraction of sp³-hybridized carbons (Fsp3) is 0. The largest absolute Gasteiger partial charge is 0.507 e. The number of hydrogen-bond donors (Lipinski definition) is 2. The minimum absolute atomic E-state index is 0.166. The van der Waals surface area contributed by atoms with Gasteiger partial charge in [-0.3, -0.25) is 0 Å². The summed E-state index contributed by atoms with van der Waals surface area (Å²) in [7, 11) is 0. The second kappa shape index (κ2) is 5.68. The first-order valence-corrected chi connectivity index (χ1v) is 5.60. The molecule has 3 nitrogen and oxygen atoms in total. The van der Waals surface area contributed by atoms with Gasteiger partial charge in [0.05, 0.1) is 5.71 Å². The molecule has 0 saturated heterocycles. The van der Waals surface area contributed by atoms with Gasteiger partial charge in [-0.25, -0.2) is 0 Å². The van der Waals surface area contributed by atoms with Crippen LogP contribution in [0.1, 0.15) is 11.1 Å². The predicted octanol–water partition coefficient (Wildman–Crippen LogP) is 2.77. The summed E-state index contributed by atoms with van der Waals surface area (Å²) in [5, 5.41) is 13.4. The van der Waals surface area contributed by atoms with Gasteiger partial charge in [-0.05, 0) is 23.8 Å². The van der Waals surface area contributed by atoms with E-state index >= 15 is 0 Å². The van der Waals surface area contributed by atoms with E-state index in [1.165, 1.54) is 0 Å². The van der Waals surface area contributed by atoms with E-state index in [0.29, 0.717) is 11.3 Å². The highest BCUT2D eigenvalue weighted by molar-refractivity contribution is 6.12. The Labute approximate surface area is 106 Å². The predicted molar refractivity (Wildman–Crippen MR) is 74.3 cm³/mol. The van der Waals surface area contributed by atoms with Crippen LogP contribution in [0.2, 0.25) is 0 Å². The van der Waals surface area contributed by atoms with Crippen molar-refractivity contribution in [2.75, 3.05) is 0 Å². The molecule has 0 heterocycles. The molecule has 0 aliphatic rings. The van der Waals surface area contributed by atoms with Crippen LogP contribution in [0.15, 0.2) is 65.8 Å². The fourth-order valence-electron chi connectivity index (χ4n) is 1.63. The van der Waals surface area contributed by atoms with Crippen LogP contribution in [-0.4, -0.2) is 10.8 Å². The monoisotopic (exact) mass is 238 g/mol. The standard InChI is InChI=1S/C15H14N2O/c16-17-14(13-8-4-5-9-15(13)18)11-10-12-6-2-1-3-7-12/h1-11,18H,16H2/b11-10-,17-14-. The number of phenols is 1. The lowest BCUT2D eigenvalue weighted by Gasteiger charge is -2.02. The van der Waals surface area contributed by atoms with Crippen molar-refractivity contribution in [3.8, 4) is 5.75 Å². The Morgan fingerprint density at radius 2 is 1.67 bits per heavy atom. The Morgan fingerprint density at radius 1 is 1.00 bits per heavy atom. The molecule has 2 aromatic carbocycles. The first-order chi connectivity index (χ1) is 8.81. The van der Waals surface area contributed by atoms with Gasteiger partial charge in [-0.15, -0.1) is 0 Å². The van der Waals surface area contributed by atoms with Crippen LogP contribution in [0.3, 0.4) is 0 Å². The summed E-state index contributed by atoms with van der Waals surface area (Å²) in [5.41, 5.74) is 2.21. The minimum Gasteiger partial charge on any atom is -0.507 e. The molecule has 0 aliphatic heterocycles. The SMILES string of the molecule is N/N=C(/C=C\c1ccccc1)c1ccccc1O. The van der Waals surface area contributed by atoms with Gasteiger partial charge < -0.3 is 10.9 Å². The number of aromatic hydroxyl groups is 1. The summed E-state index contributed by atoms with van der Waals surface area (Å²) < 4.78 is 0. The third-order valence-electron chi connectivity index (χ3n) is 2.55. The Morgan fingerprint density at radius 3 is 2.33 bits per heavy atom. The van der Waals surface area contributed by atoms with Gasteiger partial charge in [0.2, 0.25) is 0 Å². The van der Waals surface area contributed by atoms with Gasteiger partial charge >= 0.3 is 0 Å². The molecule has 3 heteroatoms. The highest BCUT2D eigenvalue weighted by Gasteiger charge is 2.04. The minimum atomic E-state index is 0.166. The van der Waals surface area contributed by atoms with E-state index in [4.69, 9.17) is 5.84 Å². The second-order valence-corrected chi connectivity index (χ2v) is 3.78. The number of para-hydroxylation sites is 1. The molecule has 0 atom stereocenters. The molecule has 0 unspecified atom stereocenters. The van der Waals surface area contributed by atoms with E-state index in [0.717, 1.165) is 5.56 Å². The van der Waals surface area contributed by atoms with E-state index in [1.807, 2.05) is 42.5 Å². The third-order valence-corrected chi connectivity index (χ3v) is 2.55. The van der Waals surface area contributed by atoms with Gasteiger partial charge in [0.1, 0.15) is 5.75 Å². The first kappa shape index (κ1) is 11.9. The zero-order valence-corrected chi connectivity index (χ0v) is 9.82. The molecule has 0 radical (unpaired) electrons. The van der Waals surface area contributed by atoms with E-state index in [-0.39, 0.29) is 5.75 Å². The van der Waals surface area contributed by atoms with E-state index < -0.39 is 0 Å². The topological polar surface area (TPSA) is 58.6 Å². The molecule has 0 saturated carbocycles. The van der Waals surface area contributed by atoms with E-state index in [2.05, 4.69) is 5.10 Å². The molecule has 0 aliphatic carbocycles. The quantitative estimate of drug-likeness (QED) is 0.490. The van der Waals surface area contributed by atoms with Gasteiger partial charge in [-0.2, -0.15) is 5.10 Å². The zero-order chi connectivity index (χ0) is 12.8. The van der Waals surface area contributed by atoms with Crippen molar-refractivity contribution in [3.63, 3.8) is 0 Å². The summed E-state index contributed by atoms with van der Waals surface area (Å²) in [6, 6.07) is 16.8. The summed E-state index contributed by atoms with van der Waals surface area (Å²) >= 11 is 0. The number of nitrogens with zero attached hydrogens (tertiary/aromatic N) is 1. The van der Waals surface area contributed by atoms with Crippen molar-refractivity contribution in [2.24, 2.45) is 10.9 Å². The second-order valence-electron chi connectivity index (χ2n) is 3.78. The van der Waals surface area contributed by atoms with Crippen LogP contribution in [0, 0.1) is 0 Å². The molecule has 90 valence electrons. The number of allylic oxidation sites excluding steroid dienone is 1. The van der Waals surface area contributed by atoms with Gasteiger partial charge in [0, 0.05) is 5.56 Å². The molecule has 0 spiro atoms. The summed E-state index contributed by atoms with van der Waals surface area (Å²) in [6.07, 6.45) is 3.68. The molecular formula is C15H14N2O. The lowest BCUT2D eigenvalue weighted by Crippen LogP contribution is -2.00. The van der Waals surface area contributed by atoms with Crippen LogP contribution in [0.4, 0.5) is 0 Å². The van der Waals surface area contributed by atoms with Crippen LogP contribution in [0.5, 0.6) is 5.75 Å². The highest BCUT2D eigenvalue weighted by Crippen LogP contribution is 2.17. The van der Waals surface area contributed by atoms with Gasteiger partial charge in [0.25, 0.3) is 0 Å². The smallest absolute Gasteiger partial charge is 0.125 e. The fourth-order valence-corrected chi connectivity index (χ4v) is 1.63. The Hall–Kier alpha value is -2.55. The van der Waals surface area contributed by atoms with Crippen LogP contribution < -0.4 is 5.84 Å². The number of hydrazone groups is 1. The third kappa shape index (κ3) is 2.77. The van der Waals surface area contributed by atoms with Crippen molar-refractivity contribution in [3.05, 3.63) is 71.8 Å². The molecule has 0 aromatic heterocycles.